The lowest BCUT2D eigenvalue weighted by Gasteiger charge is -2.25. The molecular weight excluding hydrogens is 313 g/mol. The topological polar surface area (TPSA) is 101 Å². The van der Waals surface area contributed by atoms with Gasteiger partial charge >= 0.3 is 5.97 Å². The van der Waals surface area contributed by atoms with Gasteiger partial charge in [0.05, 0.1) is 11.3 Å². The van der Waals surface area contributed by atoms with Crippen molar-refractivity contribution in [3.8, 4) is 0 Å². The van der Waals surface area contributed by atoms with Crippen LogP contribution in [0.2, 0.25) is 0 Å². The van der Waals surface area contributed by atoms with Crippen LogP contribution < -0.4 is 5.32 Å². The fraction of sp³-hybridized carbons (Fsp3) is 0.429. The summed E-state index contributed by atoms with van der Waals surface area (Å²) in [7, 11) is -3.67. The summed E-state index contributed by atoms with van der Waals surface area (Å²) in [6.07, 6.45) is 2.54. The van der Waals surface area contributed by atoms with Gasteiger partial charge in [0.25, 0.3) is 0 Å². The molecule has 2 N–H and O–H groups in total. The van der Waals surface area contributed by atoms with Crippen LogP contribution in [-0.4, -0.2) is 36.4 Å². The van der Waals surface area contributed by atoms with Crippen molar-refractivity contribution < 1.29 is 27.5 Å². The molecule has 22 heavy (non-hydrogen) atoms. The Labute approximate surface area is 127 Å². The second-order valence-electron chi connectivity index (χ2n) is 5.43. The van der Waals surface area contributed by atoms with E-state index in [2.05, 4.69) is 5.32 Å². The molecule has 0 aliphatic heterocycles. The fourth-order valence-electron chi connectivity index (χ4n) is 2.70. The van der Waals surface area contributed by atoms with E-state index < -0.39 is 32.3 Å². The van der Waals surface area contributed by atoms with Crippen LogP contribution in [0.1, 0.15) is 36.0 Å². The smallest absolute Gasteiger partial charge is 0.335 e. The normalized spacial score (nSPS) is 17.2. The van der Waals surface area contributed by atoms with E-state index in [1.807, 2.05) is 0 Å². The van der Waals surface area contributed by atoms with Crippen LogP contribution in [0.3, 0.4) is 0 Å². The largest absolute Gasteiger partial charge is 0.478 e. The van der Waals surface area contributed by atoms with Crippen molar-refractivity contribution in [3.63, 3.8) is 0 Å². The summed E-state index contributed by atoms with van der Waals surface area (Å²) in [4.78, 5) is 23.3. The van der Waals surface area contributed by atoms with Gasteiger partial charge in [-0.05, 0) is 31.0 Å². The minimum Gasteiger partial charge on any atom is -0.478 e. The average Bonchev–Trinajstić information content (AvgIpc) is 2.91. The number of carboxylic acids is 1. The molecule has 120 valence electrons. The number of sulfone groups is 1. The Morgan fingerprint density at radius 3 is 2.36 bits per heavy atom. The average molecular weight is 329 g/mol. The molecule has 8 heteroatoms. The molecule has 1 amide bonds. The maximum absolute atomic E-state index is 13.7. The zero-order valence-electron chi connectivity index (χ0n) is 11.9. The summed E-state index contributed by atoms with van der Waals surface area (Å²) in [6, 6.07) is 2.95. The molecule has 0 unspecified atom stereocenters. The summed E-state index contributed by atoms with van der Waals surface area (Å²) in [5, 5.41) is 11.1. The second kappa shape index (κ2) is 5.68. The number of hydrogen-bond acceptors (Lipinski definition) is 4. The van der Waals surface area contributed by atoms with Gasteiger partial charge in [-0.2, -0.15) is 0 Å². The number of hydrogen-bond donors (Lipinski definition) is 2. The highest BCUT2D eigenvalue weighted by atomic mass is 32.2. The van der Waals surface area contributed by atoms with Crippen molar-refractivity contribution >= 4 is 27.4 Å². The van der Waals surface area contributed by atoms with Gasteiger partial charge < -0.3 is 10.4 Å². The van der Waals surface area contributed by atoms with Crippen LogP contribution in [-0.2, 0) is 14.6 Å². The van der Waals surface area contributed by atoms with Crippen LogP contribution in [0.5, 0.6) is 0 Å². The molecule has 1 saturated carbocycles. The van der Waals surface area contributed by atoms with Gasteiger partial charge in [0, 0.05) is 6.26 Å². The first kappa shape index (κ1) is 16.4. The molecule has 6 nitrogen and oxygen atoms in total. The van der Waals surface area contributed by atoms with Gasteiger partial charge in [0.15, 0.2) is 14.6 Å². The molecule has 0 bridgehead atoms. The van der Waals surface area contributed by atoms with Crippen molar-refractivity contribution in [3.05, 3.63) is 29.6 Å². The third-order valence-electron chi connectivity index (χ3n) is 4.00. The summed E-state index contributed by atoms with van der Waals surface area (Å²) in [5.41, 5.74) is -0.531. The summed E-state index contributed by atoms with van der Waals surface area (Å²) in [5.74, 6) is -2.90. The Morgan fingerprint density at radius 2 is 1.86 bits per heavy atom. The van der Waals surface area contributed by atoms with Crippen molar-refractivity contribution in [2.24, 2.45) is 0 Å². The molecule has 0 atom stereocenters. The highest BCUT2D eigenvalue weighted by molar-refractivity contribution is 7.92. The molecule has 0 spiro atoms. The number of carbonyl (C=O) groups excluding carboxylic acids is 1. The van der Waals surface area contributed by atoms with Crippen molar-refractivity contribution in [1.29, 1.82) is 0 Å². The molecule has 0 aromatic heterocycles. The lowest BCUT2D eigenvalue weighted by atomic mass is 10.1. The lowest BCUT2D eigenvalue weighted by Crippen LogP contribution is -2.47. The van der Waals surface area contributed by atoms with E-state index in [0.29, 0.717) is 12.8 Å². The predicted octanol–water partition coefficient (Wildman–Crippen LogP) is 1.82. The molecule has 1 aliphatic carbocycles. The number of nitrogens with one attached hydrogen (secondary N) is 1. The number of aromatic carboxylic acids is 1. The van der Waals surface area contributed by atoms with E-state index in [1.54, 1.807) is 0 Å². The highest BCUT2D eigenvalue weighted by Gasteiger charge is 2.50. The SMILES string of the molecule is CS(=O)(=O)C1(C(=O)Nc2cc(C(=O)O)ccc2F)CCCC1. The third-order valence-corrected chi connectivity index (χ3v) is 6.01. The Hall–Kier alpha value is -1.96. The number of carboxylic acid groups (broad SMARTS) is 1. The van der Waals surface area contributed by atoms with Gasteiger partial charge in [-0.1, -0.05) is 12.8 Å². The number of amides is 1. The van der Waals surface area contributed by atoms with Gasteiger partial charge in [0.1, 0.15) is 5.82 Å². The molecule has 1 aromatic rings. The zero-order valence-corrected chi connectivity index (χ0v) is 12.7. The molecule has 0 radical (unpaired) electrons. The van der Waals surface area contributed by atoms with E-state index in [9.17, 15) is 22.4 Å². The first-order chi connectivity index (χ1) is 10.2. The van der Waals surface area contributed by atoms with E-state index in [-0.39, 0.29) is 24.1 Å². The maximum atomic E-state index is 13.7. The van der Waals surface area contributed by atoms with Crippen molar-refractivity contribution in [2.45, 2.75) is 30.4 Å². The predicted molar refractivity (Wildman–Crippen MR) is 78.0 cm³/mol. The number of rotatable bonds is 4. The van der Waals surface area contributed by atoms with Crippen LogP contribution >= 0.6 is 0 Å². The Kier molecular flexibility index (Phi) is 4.23. The molecular formula is C14H16FNO5S. The number of benzene rings is 1. The second-order valence-corrected chi connectivity index (χ2v) is 7.75. The van der Waals surface area contributed by atoms with Crippen molar-refractivity contribution in [2.75, 3.05) is 11.6 Å². The standard InChI is InChI=1S/C14H16FNO5S/c1-22(20,21)14(6-2-3-7-14)13(19)16-11-8-9(12(17)18)4-5-10(11)15/h4-5,8H,2-3,6-7H2,1H3,(H,16,19)(H,17,18). The monoisotopic (exact) mass is 329 g/mol. The van der Waals surface area contributed by atoms with Crippen LogP contribution in [0.15, 0.2) is 18.2 Å². The molecule has 1 aliphatic rings. The first-order valence-corrected chi connectivity index (χ1v) is 8.60. The summed E-state index contributed by atoms with van der Waals surface area (Å²) in [6.45, 7) is 0. The lowest BCUT2D eigenvalue weighted by molar-refractivity contribution is -0.118. The van der Waals surface area contributed by atoms with Gasteiger partial charge in [-0.25, -0.2) is 17.6 Å². The molecule has 0 saturated heterocycles. The molecule has 1 fully saturated rings. The van der Waals surface area contributed by atoms with Gasteiger partial charge in [-0.3, -0.25) is 4.79 Å². The molecule has 1 aromatic carbocycles. The fourth-order valence-corrected chi connectivity index (χ4v) is 4.12. The van der Waals surface area contributed by atoms with E-state index in [4.69, 9.17) is 5.11 Å². The van der Waals surface area contributed by atoms with Crippen LogP contribution in [0, 0.1) is 5.82 Å². The number of anilines is 1. The van der Waals surface area contributed by atoms with Gasteiger partial charge in [-0.15, -0.1) is 0 Å². The van der Waals surface area contributed by atoms with Gasteiger partial charge in [0.2, 0.25) is 5.91 Å². The van der Waals surface area contributed by atoms with Crippen molar-refractivity contribution in [1.82, 2.24) is 0 Å². The number of carbonyl (C=O) groups is 2. The number of halogens is 1. The molecule has 0 heterocycles. The first-order valence-electron chi connectivity index (χ1n) is 6.71. The Balaban J connectivity index is 2.36. The van der Waals surface area contributed by atoms with E-state index in [0.717, 1.165) is 24.5 Å². The summed E-state index contributed by atoms with van der Waals surface area (Å²) >= 11 is 0. The highest BCUT2D eigenvalue weighted by Crippen LogP contribution is 2.37. The maximum Gasteiger partial charge on any atom is 0.335 e. The minimum absolute atomic E-state index is 0.178. The molecule has 2 rings (SSSR count). The van der Waals surface area contributed by atoms with E-state index >= 15 is 0 Å². The zero-order chi connectivity index (χ0) is 16.5. The summed E-state index contributed by atoms with van der Waals surface area (Å²) < 4.78 is 36.2. The third kappa shape index (κ3) is 2.83. The van der Waals surface area contributed by atoms with E-state index in [1.165, 1.54) is 0 Å². The Bertz CT molecular complexity index is 723. The minimum atomic E-state index is -3.67. The van der Waals surface area contributed by atoms with Crippen LogP contribution in [0.4, 0.5) is 10.1 Å². The quantitative estimate of drug-likeness (QED) is 0.877. The van der Waals surface area contributed by atoms with Crippen LogP contribution in [0.25, 0.3) is 0 Å². The Morgan fingerprint density at radius 1 is 1.27 bits per heavy atom.